The van der Waals surface area contributed by atoms with Gasteiger partial charge in [-0.3, -0.25) is 0 Å². The number of nitrogens with zero attached hydrogens (tertiary/aromatic N) is 1. The number of benzene rings is 1. The molecular formula is C13H13N3O2. The molecule has 0 bridgehead atoms. The molecule has 1 aromatic heterocycles. The van der Waals surface area contributed by atoms with E-state index in [1.165, 1.54) is 12.3 Å². The van der Waals surface area contributed by atoms with Gasteiger partial charge in [-0.15, -0.1) is 0 Å². The molecule has 2 aromatic rings. The normalized spacial score (nSPS) is 10.1. The number of nitrogens with one attached hydrogen (secondary N) is 1. The number of carboxylic acids is 1. The van der Waals surface area contributed by atoms with Crippen LogP contribution in [-0.4, -0.2) is 16.1 Å². The third kappa shape index (κ3) is 2.24. The van der Waals surface area contributed by atoms with Gasteiger partial charge in [0.05, 0.1) is 11.3 Å². The summed E-state index contributed by atoms with van der Waals surface area (Å²) in [6.07, 6.45) is 1.42. The van der Waals surface area contributed by atoms with Gasteiger partial charge < -0.3 is 16.2 Å². The number of aromatic carboxylic acids is 1. The topological polar surface area (TPSA) is 88.2 Å². The SMILES string of the molecule is Cc1ccccc1Nc1nccc(C(=O)O)c1N. The number of nitrogen functional groups attached to an aromatic ring is 1. The zero-order valence-electron chi connectivity index (χ0n) is 9.84. The van der Waals surface area contributed by atoms with Crippen molar-refractivity contribution in [2.24, 2.45) is 0 Å². The summed E-state index contributed by atoms with van der Waals surface area (Å²) in [7, 11) is 0. The highest BCUT2D eigenvalue weighted by atomic mass is 16.4. The van der Waals surface area contributed by atoms with Crippen LogP contribution in [0.1, 0.15) is 15.9 Å². The summed E-state index contributed by atoms with van der Waals surface area (Å²) >= 11 is 0. The molecule has 18 heavy (non-hydrogen) atoms. The zero-order valence-corrected chi connectivity index (χ0v) is 9.84. The number of aromatic nitrogens is 1. The molecule has 0 aliphatic carbocycles. The summed E-state index contributed by atoms with van der Waals surface area (Å²) in [5, 5.41) is 12.0. The van der Waals surface area contributed by atoms with Crippen LogP contribution in [0, 0.1) is 6.92 Å². The Labute approximate surface area is 104 Å². The second kappa shape index (κ2) is 4.75. The standard InChI is InChI=1S/C13H13N3O2/c1-8-4-2-3-5-10(8)16-12-11(14)9(13(17)18)6-7-15-12/h2-7H,14H2,1H3,(H,15,16)(H,17,18). The molecule has 0 aliphatic rings. The molecule has 1 heterocycles. The van der Waals surface area contributed by atoms with Gasteiger partial charge in [0.2, 0.25) is 0 Å². The van der Waals surface area contributed by atoms with Crippen molar-refractivity contribution in [1.82, 2.24) is 4.98 Å². The zero-order chi connectivity index (χ0) is 13.1. The Balaban J connectivity index is 2.39. The molecule has 0 saturated heterocycles. The smallest absolute Gasteiger partial charge is 0.337 e. The van der Waals surface area contributed by atoms with Crippen molar-refractivity contribution < 1.29 is 9.90 Å². The van der Waals surface area contributed by atoms with E-state index in [0.717, 1.165) is 11.3 Å². The molecule has 0 radical (unpaired) electrons. The summed E-state index contributed by atoms with van der Waals surface area (Å²) in [6.45, 7) is 1.94. The Hall–Kier alpha value is -2.56. The van der Waals surface area contributed by atoms with Crippen LogP contribution in [-0.2, 0) is 0 Å². The minimum absolute atomic E-state index is 0.0427. The number of para-hydroxylation sites is 1. The van der Waals surface area contributed by atoms with Crippen LogP contribution in [0.4, 0.5) is 17.2 Å². The second-order valence-corrected chi connectivity index (χ2v) is 3.87. The first-order valence-corrected chi connectivity index (χ1v) is 5.40. The lowest BCUT2D eigenvalue weighted by atomic mass is 10.2. The first-order valence-electron chi connectivity index (χ1n) is 5.40. The molecule has 92 valence electrons. The van der Waals surface area contributed by atoms with Crippen molar-refractivity contribution in [1.29, 1.82) is 0 Å². The minimum atomic E-state index is -1.07. The lowest BCUT2D eigenvalue weighted by Crippen LogP contribution is -2.07. The fourth-order valence-electron chi connectivity index (χ4n) is 1.60. The minimum Gasteiger partial charge on any atom is -0.478 e. The van der Waals surface area contributed by atoms with Crippen LogP contribution in [0.2, 0.25) is 0 Å². The van der Waals surface area contributed by atoms with Crippen LogP contribution in [0.25, 0.3) is 0 Å². The number of hydrogen-bond acceptors (Lipinski definition) is 4. The van der Waals surface area contributed by atoms with Gasteiger partial charge in [0, 0.05) is 11.9 Å². The lowest BCUT2D eigenvalue weighted by molar-refractivity contribution is 0.0698. The molecule has 0 spiro atoms. The average molecular weight is 243 g/mol. The van der Waals surface area contributed by atoms with E-state index < -0.39 is 5.97 Å². The molecular weight excluding hydrogens is 230 g/mol. The first kappa shape index (κ1) is 11.9. The molecule has 0 atom stereocenters. The first-order chi connectivity index (χ1) is 8.59. The number of hydrogen-bond donors (Lipinski definition) is 3. The van der Waals surface area contributed by atoms with E-state index in [1.807, 2.05) is 31.2 Å². The summed E-state index contributed by atoms with van der Waals surface area (Å²) in [5.74, 6) is -0.716. The fourth-order valence-corrected chi connectivity index (χ4v) is 1.60. The van der Waals surface area contributed by atoms with Gasteiger partial charge in [-0.05, 0) is 24.6 Å². The van der Waals surface area contributed by atoms with Crippen LogP contribution in [0.5, 0.6) is 0 Å². The maximum atomic E-state index is 11.0. The van der Waals surface area contributed by atoms with Gasteiger partial charge in [0.1, 0.15) is 0 Å². The fraction of sp³-hybridized carbons (Fsp3) is 0.0769. The Morgan fingerprint density at radius 1 is 1.33 bits per heavy atom. The maximum absolute atomic E-state index is 11.0. The van der Waals surface area contributed by atoms with Crippen molar-refractivity contribution >= 4 is 23.2 Å². The van der Waals surface area contributed by atoms with Crippen molar-refractivity contribution in [3.63, 3.8) is 0 Å². The van der Waals surface area contributed by atoms with Crippen LogP contribution in [0.3, 0.4) is 0 Å². The van der Waals surface area contributed by atoms with Gasteiger partial charge in [-0.25, -0.2) is 9.78 Å². The number of aryl methyl sites for hydroxylation is 1. The number of rotatable bonds is 3. The Bertz CT molecular complexity index is 597. The molecule has 2 rings (SSSR count). The second-order valence-electron chi connectivity index (χ2n) is 3.87. The molecule has 0 unspecified atom stereocenters. The van der Waals surface area contributed by atoms with Crippen LogP contribution >= 0.6 is 0 Å². The van der Waals surface area contributed by atoms with E-state index in [1.54, 1.807) is 0 Å². The van der Waals surface area contributed by atoms with Gasteiger partial charge in [-0.2, -0.15) is 0 Å². The quantitative estimate of drug-likeness (QED) is 0.770. The average Bonchev–Trinajstić information content (AvgIpc) is 2.34. The lowest BCUT2D eigenvalue weighted by Gasteiger charge is -2.11. The number of carboxylic acid groups (broad SMARTS) is 1. The van der Waals surface area contributed by atoms with Crippen molar-refractivity contribution in [3.8, 4) is 0 Å². The predicted octanol–water partition coefficient (Wildman–Crippen LogP) is 2.41. The highest BCUT2D eigenvalue weighted by Crippen LogP contribution is 2.25. The van der Waals surface area contributed by atoms with Crippen molar-refractivity contribution in [2.45, 2.75) is 6.92 Å². The summed E-state index contributed by atoms with van der Waals surface area (Å²) < 4.78 is 0. The third-order valence-corrected chi connectivity index (χ3v) is 2.62. The molecule has 5 nitrogen and oxygen atoms in total. The Morgan fingerprint density at radius 3 is 2.72 bits per heavy atom. The van der Waals surface area contributed by atoms with E-state index in [4.69, 9.17) is 10.8 Å². The number of pyridine rings is 1. The summed E-state index contributed by atoms with van der Waals surface area (Å²) in [5.41, 5.74) is 7.83. The van der Waals surface area contributed by atoms with E-state index in [0.29, 0.717) is 5.82 Å². The van der Waals surface area contributed by atoms with Gasteiger partial charge in [-0.1, -0.05) is 18.2 Å². The monoisotopic (exact) mass is 243 g/mol. The van der Waals surface area contributed by atoms with Gasteiger partial charge in [0.15, 0.2) is 5.82 Å². The number of carbonyl (C=O) groups is 1. The number of anilines is 3. The van der Waals surface area contributed by atoms with E-state index >= 15 is 0 Å². The largest absolute Gasteiger partial charge is 0.478 e. The third-order valence-electron chi connectivity index (χ3n) is 2.62. The highest BCUT2D eigenvalue weighted by Gasteiger charge is 2.12. The molecule has 0 aliphatic heterocycles. The van der Waals surface area contributed by atoms with Gasteiger partial charge in [0.25, 0.3) is 0 Å². The summed E-state index contributed by atoms with van der Waals surface area (Å²) in [4.78, 5) is 15.0. The molecule has 0 fully saturated rings. The Kier molecular flexibility index (Phi) is 3.14. The molecule has 5 heteroatoms. The van der Waals surface area contributed by atoms with Crippen LogP contribution < -0.4 is 11.1 Å². The van der Waals surface area contributed by atoms with E-state index in [9.17, 15) is 4.79 Å². The maximum Gasteiger partial charge on any atom is 0.337 e. The van der Waals surface area contributed by atoms with Gasteiger partial charge >= 0.3 is 5.97 Å². The van der Waals surface area contributed by atoms with Crippen molar-refractivity contribution in [2.75, 3.05) is 11.1 Å². The molecule has 4 N–H and O–H groups in total. The van der Waals surface area contributed by atoms with E-state index in [2.05, 4.69) is 10.3 Å². The number of nitrogens with two attached hydrogens (primary N) is 1. The molecule has 0 saturated carbocycles. The van der Waals surface area contributed by atoms with Crippen molar-refractivity contribution in [3.05, 3.63) is 47.7 Å². The van der Waals surface area contributed by atoms with E-state index in [-0.39, 0.29) is 11.3 Å². The van der Waals surface area contributed by atoms with Crippen LogP contribution in [0.15, 0.2) is 36.5 Å². The Morgan fingerprint density at radius 2 is 2.06 bits per heavy atom. The summed E-state index contributed by atoms with van der Waals surface area (Å²) in [6, 6.07) is 9.00. The molecule has 1 aromatic carbocycles. The highest BCUT2D eigenvalue weighted by molar-refractivity contribution is 5.96. The molecule has 0 amide bonds. The predicted molar refractivity (Wildman–Crippen MR) is 70.1 cm³/mol.